The Bertz CT molecular complexity index is 638. The first-order valence-electron chi connectivity index (χ1n) is 11.9. The molecule has 1 atom stereocenters. The number of hydrogen-bond acceptors (Lipinski definition) is 4. The van der Waals surface area contributed by atoms with Crippen molar-refractivity contribution in [1.29, 1.82) is 0 Å². The summed E-state index contributed by atoms with van der Waals surface area (Å²) in [7, 11) is 1.74. The highest BCUT2D eigenvalue weighted by molar-refractivity contribution is 5.79. The normalized spacial score (nSPS) is 19.2. The van der Waals surface area contributed by atoms with E-state index in [4.69, 9.17) is 9.73 Å². The molecule has 0 aliphatic carbocycles. The molecular formula is C24H41N5O. The van der Waals surface area contributed by atoms with Crippen LogP contribution < -0.4 is 15.4 Å². The van der Waals surface area contributed by atoms with Gasteiger partial charge in [0.05, 0.1) is 19.7 Å². The number of likely N-dealkylation sites (tertiary alicyclic amines) is 2. The highest BCUT2D eigenvalue weighted by Gasteiger charge is 2.23. The van der Waals surface area contributed by atoms with Crippen molar-refractivity contribution >= 4 is 5.96 Å². The van der Waals surface area contributed by atoms with Crippen LogP contribution in [0.4, 0.5) is 0 Å². The molecule has 1 aromatic rings. The molecule has 3 rings (SSSR count). The summed E-state index contributed by atoms with van der Waals surface area (Å²) in [5, 5.41) is 6.96. The van der Waals surface area contributed by atoms with Gasteiger partial charge in [-0.05, 0) is 95.9 Å². The van der Waals surface area contributed by atoms with Gasteiger partial charge in [-0.25, -0.2) is 0 Å². The molecule has 0 amide bonds. The van der Waals surface area contributed by atoms with Gasteiger partial charge in [-0.2, -0.15) is 0 Å². The number of unbranched alkanes of at least 4 members (excludes halogenated alkanes) is 1. The number of aliphatic imine (C=N–C) groups is 1. The molecule has 0 bridgehead atoms. The fourth-order valence-electron chi connectivity index (χ4n) is 4.53. The van der Waals surface area contributed by atoms with Gasteiger partial charge < -0.3 is 20.3 Å². The van der Waals surface area contributed by atoms with Crippen LogP contribution >= 0.6 is 0 Å². The second kappa shape index (κ2) is 12.8. The zero-order valence-electron chi connectivity index (χ0n) is 19.0. The van der Waals surface area contributed by atoms with E-state index in [1.165, 1.54) is 63.7 Å². The lowest BCUT2D eigenvalue weighted by Crippen LogP contribution is -2.39. The summed E-state index contributed by atoms with van der Waals surface area (Å²) < 4.78 is 5.46. The highest BCUT2D eigenvalue weighted by atomic mass is 16.5. The third kappa shape index (κ3) is 7.17. The smallest absolute Gasteiger partial charge is 0.191 e. The minimum absolute atomic E-state index is 0.299. The van der Waals surface area contributed by atoms with Crippen molar-refractivity contribution in [2.45, 2.75) is 51.5 Å². The Kier molecular flexibility index (Phi) is 9.77. The Balaban J connectivity index is 1.54. The van der Waals surface area contributed by atoms with Crippen molar-refractivity contribution < 1.29 is 4.74 Å². The number of nitrogens with one attached hydrogen (secondary N) is 2. The van der Waals surface area contributed by atoms with Crippen LogP contribution in [0.2, 0.25) is 0 Å². The summed E-state index contributed by atoms with van der Waals surface area (Å²) in [6.45, 7) is 10.9. The third-order valence-corrected chi connectivity index (χ3v) is 6.22. The summed E-state index contributed by atoms with van der Waals surface area (Å²) >= 11 is 0. The second-order valence-corrected chi connectivity index (χ2v) is 8.44. The summed E-state index contributed by atoms with van der Waals surface area (Å²) in [5.74, 6) is 1.86. The highest BCUT2D eigenvalue weighted by Crippen LogP contribution is 2.27. The zero-order valence-corrected chi connectivity index (χ0v) is 19.0. The van der Waals surface area contributed by atoms with E-state index < -0.39 is 0 Å². The Labute approximate surface area is 183 Å². The Morgan fingerprint density at radius 1 is 1.07 bits per heavy atom. The van der Waals surface area contributed by atoms with Crippen LogP contribution in [0.3, 0.4) is 0 Å². The molecule has 0 spiro atoms. The van der Waals surface area contributed by atoms with E-state index in [0.717, 1.165) is 44.4 Å². The number of hydrogen-bond donors (Lipinski definition) is 2. The lowest BCUT2D eigenvalue weighted by molar-refractivity contribution is 0.251. The lowest BCUT2D eigenvalue weighted by Gasteiger charge is -2.27. The molecule has 1 unspecified atom stereocenters. The maximum absolute atomic E-state index is 5.46. The maximum Gasteiger partial charge on any atom is 0.191 e. The fourth-order valence-corrected chi connectivity index (χ4v) is 4.53. The first-order chi connectivity index (χ1) is 14.8. The van der Waals surface area contributed by atoms with Crippen molar-refractivity contribution in [3.05, 3.63) is 29.8 Å². The molecule has 1 aromatic carbocycles. The molecule has 168 valence electrons. The van der Waals surface area contributed by atoms with Crippen molar-refractivity contribution in [1.82, 2.24) is 20.4 Å². The molecule has 6 heteroatoms. The molecule has 2 heterocycles. The third-order valence-electron chi connectivity index (χ3n) is 6.22. The van der Waals surface area contributed by atoms with Crippen LogP contribution in [0.1, 0.15) is 57.1 Å². The van der Waals surface area contributed by atoms with Gasteiger partial charge in [0.2, 0.25) is 0 Å². The molecular weight excluding hydrogens is 374 g/mol. The van der Waals surface area contributed by atoms with E-state index in [-0.39, 0.29) is 0 Å². The van der Waals surface area contributed by atoms with Gasteiger partial charge in [-0.1, -0.05) is 12.1 Å². The number of methoxy groups -OCH3 is 1. The summed E-state index contributed by atoms with van der Waals surface area (Å²) in [6.07, 6.45) is 7.75. The van der Waals surface area contributed by atoms with E-state index >= 15 is 0 Å². The van der Waals surface area contributed by atoms with E-state index in [2.05, 4.69) is 45.6 Å². The van der Waals surface area contributed by atoms with Crippen molar-refractivity contribution in [3.63, 3.8) is 0 Å². The maximum atomic E-state index is 5.46. The summed E-state index contributed by atoms with van der Waals surface area (Å²) in [6, 6.07) is 8.77. The predicted molar refractivity (Wildman–Crippen MR) is 125 cm³/mol. The predicted octanol–water partition coefficient (Wildman–Crippen LogP) is 3.26. The zero-order chi connectivity index (χ0) is 21.0. The summed E-state index contributed by atoms with van der Waals surface area (Å²) in [4.78, 5) is 10.1. The van der Waals surface area contributed by atoms with Crippen molar-refractivity contribution in [2.24, 2.45) is 4.99 Å². The van der Waals surface area contributed by atoms with Gasteiger partial charge in [0.1, 0.15) is 5.75 Å². The molecule has 2 fully saturated rings. The minimum atomic E-state index is 0.299. The minimum Gasteiger partial charge on any atom is -0.497 e. The number of guanidine groups is 1. The molecule has 6 nitrogen and oxygen atoms in total. The molecule has 2 aliphatic heterocycles. The SMILES string of the molecule is CCNC(=NCC(c1cccc(OC)c1)N1CCCC1)NCCCCN1CCCC1. The van der Waals surface area contributed by atoms with Crippen LogP contribution in [0, 0.1) is 0 Å². The van der Waals surface area contributed by atoms with Gasteiger partial charge in [-0.15, -0.1) is 0 Å². The van der Waals surface area contributed by atoms with Gasteiger partial charge in [-0.3, -0.25) is 9.89 Å². The first-order valence-corrected chi connectivity index (χ1v) is 11.9. The van der Waals surface area contributed by atoms with Crippen LogP contribution in [0.5, 0.6) is 5.75 Å². The van der Waals surface area contributed by atoms with Crippen LogP contribution in [-0.2, 0) is 0 Å². The van der Waals surface area contributed by atoms with Crippen LogP contribution in [-0.4, -0.2) is 75.2 Å². The van der Waals surface area contributed by atoms with Crippen molar-refractivity contribution in [3.8, 4) is 5.75 Å². The number of benzene rings is 1. The Morgan fingerprint density at radius 3 is 2.57 bits per heavy atom. The summed E-state index contributed by atoms with van der Waals surface area (Å²) in [5.41, 5.74) is 1.29. The quantitative estimate of drug-likeness (QED) is 0.330. The molecule has 0 saturated carbocycles. The Hall–Kier alpha value is -1.79. The van der Waals surface area contributed by atoms with E-state index in [1.54, 1.807) is 7.11 Å². The second-order valence-electron chi connectivity index (χ2n) is 8.44. The Morgan fingerprint density at radius 2 is 1.83 bits per heavy atom. The topological polar surface area (TPSA) is 52.1 Å². The number of ether oxygens (including phenoxy) is 1. The monoisotopic (exact) mass is 415 g/mol. The lowest BCUT2D eigenvalue weighted by atomic mass is 10.1. The molecule has 2 aliphatic rings. The standard InChI is InChI=1S/C24H41N5O/c1-3-25-24(26-13-4-5-14-28-15-6-7-16-28)27-20-23(29-17-8-9-18-29)21-11-10-12-22(19-21)30-2/h10-12,19,23H,3-9,13-18,20H2,1-2H3,(H2,25,26,27). The molecule has 0 aromatic heterocycles. The molecule has 30 heavy (non-hydrogen) atoms. The number of nitrogens with zero attached hydrogens (tertiary/aromatic N) is 3. The van der Waals surface area contributed by atoms with Gasteiger partial charge in [0, 0.05) is 13.1 Å². The van der Waals surface area contributed by atoms with Crippen LogP contribution in [0.15, 0.2) is 29.3 Å². The fraction of sp³-hybridized carbons (Fsp3) is 0.708. The van der Waals surface area contributed by atoms with Gasteiger partial charge >= 0.3 is 0 Å². The molecule has 2 N–H and O–H groups in total. The first kappa shape index (κ1) is 22.9. The van der Waals surface area contributed by atoms with Gasteiger partial charge in [0.25, 0.3) is 0 Å². The molecule has 2 saturated heterocycles. The van der Waals surface area contributed by atoms with Gasteiger partial charge in [0.15, 0.2) is 5.96 Å². The van der Waals surface area contributed by atoms with Crippen molar-refractivity contribution in [2.75, 3.05) is 59.5 Å². The van der Waals surface area contributed by atoms with E-state index in [0.29, 0.717) is 6.04 Å². The van der Waals surface area contributed by atoms with E-state index in [1.807, 2.05) is 6.07 Å². The largest absolute Gasteiger partial charge is 0.497 e. The average molecular weight is 416 g/mol. The average Bonchev–Trinajstić information content (AvgIpc) is 3.48. The van der Waals surface area contributed by atoms with Crippen LogP contribution in [0.25, 0.3) is 0 Å². The molecule has 0 radical (unpaired) electrons. The van der Waals surface area contributed by atoms with E-state index in [9.17, 15) is 0 Å². The number of rotatable bonds is 11.